The Hall–Kier alpha value is -10.4. The number of alkyl halides is 9. The number of rotatable bonds is 15. The van der Waals surface area contributed by atoms with Gasteiger partial charge in [0.15, 0.2) is 6.19 Å². The molecule has 578 valence electrons. The van der Waals surface area contributed by atoms with Gasteiger partial charge in [0, 0.05) is 37.3 Å². The minimum atomic E-state index is -4.47. The Morgan fingerprint density at radius 1 is 0.464 bits per heavy atom. The third kappa shape index (κ3) is 18.9. The molecule has 0 spiro atoms. The lowest BCUT2D eigenvalue weighted by molar-refractivity contribution is -0.138. The molecule has 0 bridgehead atoms. The molecule has 0 radical (unpaired) electrons. The number of halogens is 10. The van der Waals surface area contributed by atoms with E-state index in [9.17, 15) is 58.8 Å². The van der Waals surface area contributed by atoms with Crippen LogP contribution in [-0.2, 0) is 47.6 Å². The Labute approximate surface area is 638 Å². The zero-order valence-corrected chi connectivity index (χ0v) is 65.1. The van der Waals surface area contributed by atoms with Crippen molar-refractivity contribution < 1.29 is 63.0 Å². The van der Waals surface area contributed by atoms with Gasteiger partial charge >= 0.3 is 30.7 Å². The van der Waals surface area contributed by atoms with Crippen molar-refractivity contribution in [2.45, 2.75) is 204 Å². The zero-order valence-electron chi connectivity index (χ0n) is 65.1. The van der Waals surface area contributed by atoms with Gasteiger partial charge in [-0.3, -0.25) is 15.1 Å². The molecule has 110 heavy (non-hydrogen) atoms. The van der Waals surface area contributed by atoms with Gasteiger partial charge in [-0.25, -0.2) is 19.0 Å². The quantitative estimate of drug-likeness (QED) is 0.0618. The maximum atomic E-state index is 14.6. The molecule has 10 nitrogen and oxygen atoms in total. The highest BCUT2D eigenvalue weighted by molar-refractivity contribution is 5.84. The number of cyclic esters (lactones) is 2. The molecular weight excluding hydrogens is 1420 g/mol. The first-order valence-corrected chi connectivity index (χ1v) is 36.9. The smallest absolute Gasteiger partial charge is 0.416 e. The number of amides is 2. The number of ether oxygens (including phenoxy) is 2. The first-order chi connectivity index (χ1) is 51.6. The summed E-state index contributed by atoms with van der Waals surface area (Å²) in [6.45, 7) is 33.9. The second kappa shape index (κ2) is 33.0. The fourth-order valence-corrected chi connectivity index (χ4v) is 14.8. The van der Waals surface area contributed by atoms with Crippen LogP contribution in [0.25, 0.3) is 33.4 Å². The molecule has 3 heterocycles. The van der Waals surface area contributed by atoms with Crippen molar-refractivity contribution >= 4 is 18.1 Å². The molecule has 3 aliphatic rings. The molecule has 12 rings (SSSR count). The fraction of sp³-hybridized carbons (Fsp3) is 0.356. The summed E-state index contributed by atoms with van der Waals surface area (Å²) >= 11 is 0. The van der Waals surface area contributed by atoms with Crippen LogP contribution < -0.4 is 5.32 Å². The summed E-state index contributed by atoms with van der Waals surface area (Å²) in [6.07, 6.45) is -13.7. The number of guanidine groups is 1. The molecule has 1 unspecified atom stereocenters. The van der Waals surface area contributed by atoms with Crippen molar-refractivity contribution in [2.24, 2.45) is 4.99 Å². The number of carbonyl (C=O) groups excluding carboxylic acids is 2. The van der Waals surface area contributed by atoms with Crippen LogP contribution in [-0.4, -0.2) is 51.5 Å². The van der Waals surface area contributed by atoms with Gasteiger partial charge < -0.3 is 14.4 Å². The molecule has 9 aromatic rings. The van der Waals surface area contributed by atoms with Crippen LogP contribution in [0.15, 0.2) is 163 Å². The summed E-state index contributed by atoms with van der Waals surface area (Å²) in [5, 5.41) is 12.0. The maximum Gasteiger partial charge on any atom is 0.416 e. The number of aryl methyl sites for hydroxylation is 9. The second-order valence-electron chi connectivity index (χ2n) is 30.6. The zero-order chi connectivity index (χ0) is 80.5. The molecule has 5 atom stereocenters. The van der Waals surface area contributed by atoms with E-state index in [1.807, 2.05) is 103 Å². The highest BCUT2D eigenvalue weighted by Crippen LogP contribution is 2.45. The van der Waals surface area contributed by atoms with Crippen LogP contribution in [0.5, 0.6) is 0 Å². The first kappa shape index (κ1) is 82.1. The highest BCUT2D eigenvalue weighted by atomic mass is 19.4. The molecular formula is C90H94F10N6O4. The number of hydrogen-bond donors (Lipinski definition) is 1. The topological polar surface area (TPSA) is 110 Å². The minimum Gasteiger partial charge on any atom is -0.439 e. The van der Waals surface area contributed by atoms with Crippen LogP contribution in [0, 0.1) is 79.6 Å². The van der Waals surface area contributed by atoms with Gasteiger partial charge in [0.05, 0.1) is 34.8 Å². The average Bonchev–Trinajstić information content (AvgIpc) is 1.56. The molecule has 9 aromatic carbocycles. The summed E-state index contributed by atoms with van der Waals surface area (Å²) in [6, 6.07) is 45.1. The van der Waals surface area contributed by atoms with Gasteiger partial charge in [-0.1, -0.05) is 184 Å². The Kier molecular flexibility index (Phi) is 24.6. The SMILES string of the molecule is Cc1cc(CN2C(=O)OC(c3cc(C)ccc3-c3cc(C(C)C)ccc3C)[C@@H]2C)cc(C(F)(F)F)c1.Cc1cc(CN2C(=O)O[C@H](c3cc(C)ccc3-c3cc(C(C)C)c(F)cc3C)[C@H]2C)cc(C(F)(F)F)c1.Cc1cc([C@@H]2CN(Cc3cc(C)ccc3-c3cc(C(C)C)ccc3C)C(NC#N)=N2)cc(C(F)(F)F)c1. The largest absolute Gasteiger partial charge is 0.439 e. The monoisotopic (exact) mass is 1510 g/mol. The molecule has 0 aliphatic carbocycles. The van der Waals surface area contributed by atoms with E-state index in [1.54, 1.807) is 39.0 Å². The number of nitrogens with one attached hydrogen (secondary N) is 1. The van der Waals surface area contributed by atoms with Gasteiger partial charge in [-0.15, -0.1) is 0 Å². The summed E-state index contributed by atoms with van der Waals surface area (Å²) in [5.41, 5.74) is 18.7. The molecule has 0 aromatic heterocycles. The van der Waals surface area contributed by atoms with E-state index < -0.39 is 71.7 Å². The summed E-state index contributed by atoms with van der Waals surface area (Å²) in [7, 11) is 0. The maximum absolute atomic E-state index is 14.6. The molecule has 0 saturated carbocycles. The molecule has 20 heteroatoms. The second-order valence-corrected chi connectivity index (χ2v) is 30.6. The van der Waals surface area contributed by atoms with E-state index in [-0.39, 0.29) is 30.9 Å². The Balaban J connectivity index is 0.000000176. The van der Waals surface area contributed by atoms with E-state index in [0.29, 0.717) is 69.8 Å². The van der Waals surface area contributed by atoms with E-state index >= 15 is 0 Å². The molecule has 2 amide bonds. The third-order valence-corrected chi connectivity index (χ3v) is 20.7. The molecule has 3 aliphatic heterocycles. The van der Waals surface area contributed by atoms with Crippen molar-refractivity contribution in [3.05, 3.63) is 280 Å². The fourth-order valence-electron chi connectivity index (χ4n) is 14.8. The number of nitrogens with zero attached hydrogens (tertiary/aromatic N) is 5. The summed E-state index contributed by atoms with van der Waals surface area (Å²) in [4.78, 5) is 35.4. The summed E-state index contributed by atoms with van der Waals surface area (Å²) in [5.74, 6) is 0.855. The molecule has 1 N–H and O–H groups in total. The van der Waals surface area contributed by atoms with Gasteiger partial charge in [0.1, 0.15) is 18.0 Å². The Morgan fingerprint density at radius 3 is 1.32 bits per heavy atom. The van der Waals surface area contributed by atoms with E-state index in [1.165, 1.54) is 27.0 Å². The summed E-state index contributed by atoms with van der Waals surface area (Å²) < 4.78 is 147. The van der Waals surface area contributed by atoms with Crippen molar-refractivity contribution in [1.29, 1.82) is 5.26 Å². The lowest BCUT2D eigenvalue weighted by Gasteiger charge is -2.24. The van der Waals surface area contributed by atoms with Crippen molar-refractivity contribution in [3.63, 3.8) is 0 Å². The van der Waals surface area contributed by atoms with Crippen molar-refractivity contribution in [2.75, 3.05) is 6.54 Å². The number of nitriles is 1. The number of aliphatic imine (C=N–C) groups is 1. The first-order valence-electron chi connectivity index (χ1n) is 36.9. The van der Waals surface area contributed by atoms with E-state index in [2.05, 4.69) is 113 Å². The van der Waals surface area contributed by atoms with Crippen LogP contribution in [0.1, 0.15) is 208 Å². The normalized spacial score (nSPS) is 17.3. The van der Waals surface area contributed by atoms with Crippen LogP contribution in [0.4, 0.5) is 53.5 Å². The van der Waals surface area contributed by atoms with Gasteiger partial charge in [-0.05, 0) is 231 Å². The van der Waals surface area contributed by atoms with Crippen LogP contribution in [0.3, 0.4) is 0 Å². The predicted octanol–water partition coefficient (Wildman–Crippen LogP) is 24.5. The standard InChI is InChI=1S/C30H31F4NO2.C30H31F3N4.C30H32F3NO2/c1-16(2)24-14-25(19(5)12-27(24)31)23-8-7-17(3)11-26(23)28-20(6)35(29(36)37-28)15-21-9-18(4)10-22(13-21)30(32,33)34;1-18(2)22-8-7-21(5)27(14-22)26-9-6-19(3)10-24(26)15-37-16-28(36-29(37)35-17-34)23-11-20(4)12-25(13-23)30(31,32)33;1-17(2)23-9-8-20(5)26(15-23)25-10-7-18(3)13-27(25)28-21(6)34(29(35)36-28)16-22-11-19(4)12-24(14-22)30(31,32)33/h7-14,16,20,28H,15H2,1-6H3;6-14,18,28H,15-16H2,1-5H3,(H,35,36);7-15,17,21,28H,16H2,1-6H3/t20-,28+;28-;21-,28?/m100/s1. The number of carbonyl (C=O) groups is 2. The number of benzene rings is 9. The number of hydrogen-bond acceptors (Lipinski definition) is 8. The lowest BCUT2D eigenvalue weighted by Crippen LogP contribution is -2.35. The molecule has 2 saturated heterocycles. The van der Waals surface area contributed by atoms with Gasteiger partial charge in [0.25, 0.3) is 0 Å². The predicted molar refractivity (Wildman–Crippen MR) is 413 cm³/mol. The van der Waals surface area contributed by atoms with Crippen molar-refractivity contribution in [1.82, 2.24) is 20.0 Å². The van der Waals surface area contributed by atoms with Crippen LogP contribution >= 0.6 is 0 Å². The Bertz CT molecular complexity index is 5010. The lowest BCUT2D eigenvalue weighted by atomic mass is 9.87. The van der Waals surface area contributed by atoms with E-state index in [0.717, 1.165) is 120 Å². The third-order valence-electron chi connectivity index (χ3n) is 20.7. The van der Waals surface area contributed by atoms with Crippen LogP contribution in [0.2, 0.25) is 0 Å². The minimum absolute atomic E-state index is 0.00448. The average molecular weight is 1510 g/mol. The molecule has 2 fully saturated rings. The van der Waals surface area contributed by atoms with Gasteiger partial charge in [-0.2, -0.15) is 44.8 Å². The van der Waals surface area contributed by atoms with Gasteiger partial charge in [0.2, 0.25) is 5.96 Å². The van der Waals surface area contributed by atoms with Crippen molar-refractivity contribution in [3.8, 4) is 39.6 Å². The van der Waals surface area contributed by atoms with E-state index in [4.69, 9.17) is 9.47 Å². The highest BCUT2D eigenvalue weighted by Gasteiger charge is 2.44. The Morgan fingerprint density at radius 2 is 0.882 bits per heavy atom.